The van der Waals surface area contributed by atoms with Crippen LogP contribution in [-0.2, 0) is 4.74 Å². The average molecular weight is 181 g/mol. The van der Waals surface area contributed by atoms with E-state index in [2.05, 4.69) is 18.8 Å². The van der Waals surface area contributed by atoms with Crippen LogP contribution < -0.4 is 0 Å². The van der Waals surface area contributed by atoms with E-state index in [1.807, 2.05) is 12.3 Å². The molecule has 1 aliphatic heterocycles. The summed E-state index contributed by atoms with van der Waals surface area (Å²) in [5.41, 5.74) is 1.25. The Morgan fingerprint density at radius 1 is 1.62 bits per heavy atom. The third-order valence-corrected chi connectivity index (χ3v) is 2.28. The van der Waals surface area contributed by atoms with Crippen molar-refractivity contribution in [2.45, 2.75) is 39.2 Å². The van der Waals surface area contributed by atoms with Crippen molar-refractivity contribution in [2.24, 2.45) is 4.99 Å². The second kappa shape index (κ2) is 5.92. The van der Waals surface area contributed by atoms with Crippen molar-refractivity contribution in [3.63, 3.8) is 0 Å². The number of ether oxygens (including phenoxy) is 1. The van der Waals surface area contributed by atoms with Crippen LogP contribution in [0.4, 0.5) is 0 Å². The van der Waals surface area contributed by atoms with E-state index in [0.717, 1.165) is 32.5 Å². The van der Waals surface area contributed by atoms with Gasteiger partial charge < -0.3 is 4.74 Å². The lowest BCUT2D eigenvalue weighted by Crippen LogP contribution is -2.07. The molecule has 0 fully saturated rings. The highest BCUT2D eigenvalue weighted by Gasteiger charge is 2.03. The van der Waals surface area contributed by atoms with Crippen molar-refractivity contribution in [1.29, 1.82) is 0 Å². The third-order valence-electron chi connectivity index (χ3n) is 2.28. The molecule has 1 rings (SSSR count). The molecule has 2 heteroatoms. The molecule has 0 amide bonds. The molecular weight excluding hydrogens is 162 g/mol. The second-order valence-corrected chi connectivity index (χ2v) is 3.57. The first-order valence-electron chi connectivity index (χ1n) is 5.09. The highest BCUT2D eigenvalue weighted by Crippen LogP contribution is 2.08. The predicted molar refractivity (Wildman–Crippen MR) is 56.4 cm³/mol. The zero-order chi connectivity index (χ0) is 9.52. The number of allylic oxidation sites excluding steroid dienone is 1. The highest BCUT2D eigenvalue weighted by atomic mass is 16.5. The first kappa shape index (κ1) is 10.5. The van der Waals surface area contributed by atoms with Crippen molar-refractivity contribution in [2.75, 3.05) is 13.2 Å². The summed E-state index contributed by atoms with van der Waals surface area (Å²) in [6.45, 7) is 5.89. The Morgan fingerprint density at radius 3 is 3.23 bits per heavy atom. The second-order valence-electron chi connectivity index (χ2n) is 3.57. The first-order chi connectivity index (χ1) is 6.33. The summed E-state index contributed by atoms with van der Waals surface area (Å²) in [4.78, 5) is 4.50. The van der Waals surface area contributed by atoms with Gasteiger partial charge in [0.25, 0.3) is 0 Å². The zero-order valence-electron chi connectivity index (χ0n) is 8.62. The fourth-order valence-corrected chi connectivity index (χ4v) is 1.38. The Balaban J connectivity index is 2.53. The molecule has 1 atom stereocenters. The van der Waals surface area contributed by atoms with Crippen LogP contribution in [0.25, 0.3) is 0 Å². The molecule has 1 heterocycles. The molecule has 1 aliphatic rings. The Bertz CT molecular complexity index is 196. The van der Waals surface area contributed by atoms with E-state index in [0.29, 0.717) is 6.04 Å². The minimum absolute atomic E-state index is 0.491. The molecule has 0 saturated heterocycles. The summed E-state index contributed by atoms with van der Waals surface area (Å²) in [5.74, 6) is 0. The lowest BCUT2D eigenvalue weighted by molar-refractivity contribution is 0.150. The van der Waals surface area contributed by atoms with Crippen LogP contribution in [0.1, 0.15) is 33.1 Å². The molecule has 2 nitrogen and oxygen atoms in total. The van der Waals surface area contributed by atoms with Gasteiger partial charge in [-0.3, -0.25) is 4.99 Å². The van der Waals surface area contributed by atoms with Gasteiger partial charge in [0.05, 0.1) is 6.61 Å². The summed E-state index contributed by atoms with van der Waals surface area (Å²) >= 11 is 0. The minimum atomic E-state index is 0.491. The minimum Gasteiger partial charge on any atom is -0.377 e. The summed E-state index contributed by atoms with van der Waals surface area (Å²) in [6.07, 6.45) is 7.39. The highest BCUT2D eigenvalue weighted by molar-refractivity contribution is 5.72. The summed E-state index contributed by atoms with van der Waals surface area (Å²) in [7, 11) is 0. The monoisotopic (exact) mass is 181 g/mol. The molecule has 0 N–H and O–H groups in total. The lowest BCUT2D eigenvalue weighted by Gasteiger charge is -2.11. The van der Waals surface area contributed by atoms with Gasteiger partial charge in [-0.05, 0) is 37.8 Å². The number of aliphatic imine (C=N–C) groups is 1. The molecule has 0 aromatic heterocycles. The van der Waals surface area contributed by atoms with E-state index in [1.165, 1.54) is 5.57 Å². The van der Waals surface area contributed by atoms with E-state index in [4.69, 9.17) is 4.74 Å². The molecule has 0 spiro atoms. The molecule has 0 aromatic carbocycles. The fourth-order valence-electron chi connectivity index (χ4n) is 1.38. The Hall–Kier alpha value is -0.630. The maximum absolute atomic E-state index is 5.49. The van der Waals surface area contributed by atoms with Crippen molar-refractivity contribution in [1.82, 2.24) is 0 Å². The zero-order valence-corrected chi connectivity index (χ0v) is 8.62. The normalized spacial score (nSPS) is 29.4. The summed E-state index contributed by atoms with van der Waals surface area (Å²) in [5, 5.41) is 0. The maximum atomic E-state index is 5.49. The van der Waals surface area contributed by atoms with Crippen LogP contribution in [0.15, 0.2) is 16.6 Å². The number of nitrogens with zero attached hydrogens (tertiary/aromatic N) is 1. The topological polar surface area (TPSA) is 21.6 Å². The van der Waals surface area contributed by atoms with Gasteiger partial charge in [0, 0.05) is 18.9 Å². The van der Waals surface area contributed by atoms with E-state index in [1.54, 1.807) is 0 Å². The Morgan fingerprint density at radius 2 is 2.46 bits per heavy atom. The Labute approximate surface area is 80.7 Å². The standard InChI is InChI=1S/C11H19NO/c1-3-11-5-4-8-13-9-10(2)6-7-12-11/h6-7,11H,3-5,8-9H2,1-2H3/b10-6+,12-7?. The molecule has 0 aliphatic carbocycles. The lowest BCUT2D eigenvalue weighted by atomic mass is 10.1. The van der Waals surface area contributed by atoms with Gasteiger partial charge in [0.2, 0.25) is 0 Å². The van der Waals surface area contributed by atoms with Crippen LogP contribution in [0.2, 0.25) is 0 Å². The molecular formula is C11H19NO. The Kier molecular flexibility index (Phi) is 4.76. The van der Waals surface area contributed by atoms with E-state index in [-0.39, 0.29) is 0 Å². The molecule has 0 saturated carbocycles. The SMILES string of the molecule is CCC1CCCOC/C(C)=C/C=N1. The molecule has 0 bridgehead atoms. The first-order valence-corrected chi connectivity index (χ1v) is 5.09. The number of hydrogen-bond donors (Lipinski definition) is 0. The summed E-state index contributed by atoms with van der Waals surface area (Å²) < 4.78 is 5.49. The van der Waals surface area contributed by atoms with Gasteiger partial charge in [-0.1, -0.05) is 6.92 Å². The van der Waals surface area contributed by atoms with Crippen LogP contribution >= 0.6 is 0 Å². The van der Waals surface area contributed by atoms with Crippen molar-refractivity contribution in [3.8, 4) is 0 Å². The molecule has 1 unspecified atom stereocenters. The van der Waals surface area contributed by atoms with Gasteiger partial charge in [0.1, 0.15) is 0 Å². The van der Waals surface area contributed by atoms with Gasteiger partial charge in [-0.2, -0.15) is 0 Å². The molecule has 0 radical (unpaired) electrons. The molecule has 74 valence electrons. The van der Waals surface area contributed by atoms with Gasteiger partial charge in [0.15, 0.2) is 0 Å². The van der Waals surface area contributed by atoms with E-state index in [9.17, 15) is 0 Å². The van der Waals surface area contributed by atoms with Gasteiger partial charge in [-0.15, -0.1) is 0 Å². The quantitative estimate of drug-likeness (QED) is 0.609. The predicted octanol–water partition coefficient (Wildman–Crippen LogP) is 2.59. The van der Waals surface area contributed by atoms with Crippen LogP contribution in [0.5, 0.6) is 0 Å². The van der Waals surface area contributed by atoms with Gasteiger partial charge in [-0.25, -0.2) is 0 Å². The molecule has 0 aromatic rings. The summed E-state index contributed by atoms with van der Waals surface area (Å²) in [6, 6.07) is 0.491. The maximum Gasteiger partial charge on any atom is 0.0677 e. The van der Waals surface area contributed by atoms with Crippen LogP contribution in [0, 0.1) is 0 Å². The largest absolute Gasteiger partial charge is 0.377 e. The van der Waals surface area contributed by atoms with Crippen LogP contribution in [-0.4, -0.2) is 25.5 Å². The third kappa shape index (κ3) is 4.23. The number of rotatable bonds is 1. The number of hydrogen-bond acceptors (Lipinski definition) is 2. The van der Waals surface area contributed by atoms with Crippen molar-refractivity contribution in [3.05, 3.63) is 11.6 Å². The van der Waals surface area contributed by atoms with Crippen molar-refractivity contribution < 1.29 is 4.74 Å². The van der Waals surface area contributed by atoms with E-state index < -0.39 is 0 Å². The van der Waals surface area contributed by atoms with E-state index >= 15 is 0 Å². The molecule has 13 heavy (non-hydrogen) atoms. The smallest absolute Gasteiger partial charge is 0.0677 e. The average Bonchev–Trinajstić information content (AvgIpc) is 2.15. The fraction of sp³-hybridized carbons (Fsp3) is 0.727. The van der Waals surface area contributed by atoms with Gasteiger partial charge >= 0.3 is 0 Å². The van der Waals surface area contributed by atoms with Crippen LogP contribution in [0.3, 0.4) is 0 Å². The van der Waals surface area contributed by atoms with Crippen molar-refractivity contribution >= 4 is 6.21 Å².